The minimum absolute atomic E-state index is 0.198. The Morgan fingerprint density at radius 1 is 1.28 bits per heavy atom. The summed E-state index contributed by atoms with van der Waals surface area (Å²) in [4.78, 5) is 30.1. The zero-order valence-electron chi connectivity index (χ0n) is 18.1. The molecule has 0 saturated heterocycles. The molecule has 8 heteroatoms. The van der Waals surface area contributed by atoms with Crippen LogP contribution >= 0.6 is 0 Å². The van der Waals surface area contributed by atoms with Gasteiger partial charge in [0.05, 0.1) is 34.9 Å². The molecule has 2 aromatic heterocycles. The number of methoxy groups -OCH3 is 1. The minimum atomic E-state index is -0.325. The molecule has 32 heavy (non-hydrogen) atoms. The Labute approximate surface area is 185 Å². The molecule has 3 aromatic rings. The number of H-pyrrole nitrogens is 1. The zero-order valence-corrected chi connectivity index (χ0v) is 18.1. The fraction of sp³-hybridized carbons (Fsp3) is 0.333. The molecule has 2 N–H and O–H groups in total. The lowest BCUT2D eigenvalue weighted by Crippen LogP contribution is -2.49. The molecule has 1 fully saturated rings. The lowest BCUT2D eigenvalue weighted by atomic mass is 9.98. The van der Waals surface area contributed by atoms with Crippen LogP contribution in [0.3, 0.4) is 0 Å². The highest BCUT2D eigenvalue weighted by molar-refractivity contribution is 5.94. The van der Waals surface area contributed by atoms with E-state index in [-0.39, 0.29) is 17.0 Å². The first-order valence-electron chi connectivity index (χ1n) is 10.6. The second kappa shape index (κ2) is 8.81. The number of ether oxygens (including phenoxy) is 1. The summed E-state index contributed by atoms with van der Waals surface area (Å²) in [5, 5.41) is 15.1. The van der Waals surface area contributed by atoms with Crippen LogP contribution < -0.4 is 10.9 Å². The summed E-state index contributed by atoms with van der Waals surface area (Å²) in [6, 6.07) is 10.6. The van der Waals surface area contributed by atoms with Gasteiger partial charge in [-0.25, -0.2) is 9.67 Å². The third kappa shape index (κ3) is 4.07. The van der Waals surface area contributed by atoms with E-state index in [1.165, 1.54) is 10.9 Å². The van der Waals surface area contributed by atoms with Crippen LogP contribution in [0.1, 0.15) is 47.2 Å². The van der Waals surface area contributed by atoms with Gasteiger partial charge < -0.3 is 10.1 Å². The quantitative estimate of drug-likeness (QED) is 0.623. The van der Waals surface area contributed by atoms with Crippen molar-refractivity contribution in [2.24, 2.45) is 0 Å². The van der Waals surface area contributed by atoms with E-state index in [1.54, 1.807) is 43.6 Å². The maximum atomic E-state index is 13.0. The molecule has 1 aliphatic rings. The average Bonchev–Trinajstić information content (AvgIpc) is 3.41. The Kier molecular flexibility index (Phi) is 5.93. The number of nitrogens with zero attached hydrogens (tertiary/aromatic N) is 3. The summed E-state index contributed by atoms with van der Waals surface area (Å²) in [6.07, 6.45) is 7.02. The highest BCUT2D eigenvalue weighted by atomic mass is 16.5. The highest BCUT2D eigenvalue weighted by Crippen LogP contribution is 2.30. The Hall–Kier alpha value is -3.70. The van der Waals surface area contributed by atoms with Crippen molar-refractivity contribution >= 4 is 5.91 Å². The van der Waals surface area contributed by atoms with Crippen LogP contribution in [0, 0.1) is 18.3 Å². The van der Waals surface area contributed by atoms with Crippen LogP contribution in [0.2, 0.25) is 0 Å². The van der Waals surface area contributed by atoms with Crippen LogP contribution in [0.5, 0.6) is 0 Å². The summed E-state index contributed by atoms with van der Waals surface area (Å²) in [5.74, 6) is 0.187. The fourth-order valence-electron chi connectivity index (χ4n) is 4.37. The number of carbonyl (C=O) groups excluding carboxylic acids is 1. The number of aromatic amines is 1. The minimum Gasteiger partial charge on any atom is -0.382 e. The number of pyridine rings is 1. The van der Waals surface area contributed by atoms with Crippen molar-refractivity contribution in [2.45, 2.75) is 38.1 Å². The van der Waals surface area contributed by atoms with E-state index < -0.39 is 0 Å². The Morgan fingerprint density at radius 2 is 2.06 bits per heavy atom. The van der Waals surface area contributed by atoms with Crippen molar-refractivity contribution in [1.82, 2.24) is 20.1 Å². The Bertz CT molecular complexity index is 1230. The predicted molar refractivity (Wildman–Crippen MR) is 120 cm³/mol. The third-order valence-corrected chi connectivity index (χ3v) is 6.02. The predicted octanol–water partition coefficient (Wildman–Crippen LogP) is 3.10. The molecule has 1 aromatic carbocycles. The van der Waals surface area contributed by atoms with Gasteiger partial charge in [-0.3, -0.25) is 14.7 Å². The normalized spacial score (nSPS) is 14.8. The molecule has 2 heterocycles. The molecule has 0 aliphatic heterocycles. The summed E-state index contributed by atoms with van der Waals surface area (Å²) in [5.41, 5.74) is 2.46. The van der Waals surface area contributed by atoms with Crippen LogP contribution in [-0.2, 0) is 4.74 Å². The maximum Gasteiger partial charge on any atom is 0.280 e. The number of aryl methyl sites for hydroxylation is 1. The molecule has 1 saturated carbocycles. The molecule has 0 spiro atoms. The molecule has 0 bridgehead atoms. The first-order valence-corrected chi connectivity index (χ1v) is 10.6. The van der Waals surface area contributed by atoms with Crippen molar-refractivity contribution in [3.63, 3.8) is 0 Å². The van der Waals surface area contributed by atoms with E-state index in [1.807, 2.05) is 6.92 Å². The first kappa shape index (κ1) is 21.5. The fourth-order valence-corrected chi connectivity index (χ4v) is 4.37. The molecule has 0 radical (unpaired) electrons. The monoisotopic (exact) mass is 431 g/mol. The number of hydrogen-bond acceptors (Lipinski definition) is 5. The third-order valence-electron chi connectivity index (χ3n) is 6.02. The highest BCUT2D eigenvalue weighted by Gasteiger charge is 2.35. The average molecular weight is 431 g/mol. The standard InChI is InChI=1S/C24H25N5O3/c1-16-11-17(12-25)5-7-19(16)20-14-27-29(23(20)31)21-8-6-18(13-26-21)22(30)28-24(15-32-2)9-3-4-10-24/h5-8,11,13-14,27H,3-4,9-10,15H2,1-2H3,(H,28,30). The number of hydrogen-bond donors (Lipinski definition) is 2. The second-order valence-corrected chi connectivity index (χ2v) is 8.25. The SMILES string of the molecule is COCC1(NC(=O)c2ccc(-n3[nH]cc(-c4ccc(C#N)cc4C)c3=O)nc2)CCCC1. The van der Waals surface area contributed by atoms with Gasteiger partial charge in [0.2, 0.25) is 0 Å². The number of nitrogens with one attached hydrogen (secondary N) is 2. The second-order valence-electron chi connectivity index (χ2n) is 8.25. The smallest absolute Gasteiger partial charge is 0.280 e. The van der Waals surface area contributed by atoms with E-state index in [4.69, 9.17) is 10.00 Å². The summed E-state index contributed by atoms with van der Waals surface area (Å²) >= 11 is 0. The molecule has 1 amide bonds. The van der Waals surface area contributed by atoms with Crippen LogP contribution in [0.25, 0.3) is 16.9 Å². The molecule has 164 valence electrons. The van der Waals surface area contributed by atoms with Gasteiger partial charge in [-0.1, -0.05) is 18.9 Å². The number of benzene rings is 1. The van der Waals surface area contributed by atoms with Gasteiger partial charge in [-0.15, -0.1) is 0 Å². The molecule has 4 rings (SSSR count). The van der Waals surface area contributed by atoms with Gasteiger partial charge in [0.25, 0.3) is 11.5 Å². The van der Waals surface area contributed by atoms with E-state index in [2.05, 4.69) is 21.5 Å². The van der Waals surface area contributed by atoms with Crippen LogP contribution in [-0.4, -0.2) is 39.9 Å². The Balaban J connectivity index is 1.56. The molecule has 0 unspecified atom stereocenters. The van der Waals surface area contributed by atoms with Gasteiger partial charge in [-0.2, -0.15) is 5.26 Å². The number of rotatable bonds is 6. The summed E-state index contributed by atoms with van der Waals surface area (Å²) in [7, 11) is 1.64. The van der Waals surface area contributed by atoms with E-state index in [0.29, 0.717) is 29.1 Å². The first-order chi connectivity index (χ1) is 15.5. The van der Waals surface area contributed by atoms with Crippen molar-refractivity contribution in [1.29, 1.82) is 5.26 Å². The topological polar surface area (TPSA) is 113 Å². The van der Waals surface area contributed by atoms with Crippen LogP contribution in [0.15, 0.2) is 47.5 Å². The summed E-state index contributed by atoms with van der Waals surface area (Å²) < 4.78 is 6.66. The number of aromatic nitrogens is 3. The maximum absolute atomic E-state index is 13.0. The summed E-state index contributed by atoms with van der Waals surface area (Å²) in [6.45, 7) is 2.35. The largest absolute Gasteiger partial charge is 0.382 e. The lowest BCUT2D eigenvalue weighted by molar-refractivity contribution is 0.0767. The van der Waals surface area contributed by atoms with E-state index in [9.17, 15) is 9.59 Å². The van der Waals surface area contributed by atoms with Gasteiger partial charge in [0.15, 0.2) is 5.82 Å². The van der Waals surface area contributed by atoms with E-state index in [0.717, 1.165) is 36.8 Å². The number of nitriles is 1. The zero-order chi connectivity index (χ0) is 22.7. The van der Waals surface area contributed by atoms with Gasteiger partial charge >= 0.3 is 0 Å². The van der Waals surface area contributed by atoms with Crippen molar-refractivity contribution in [3.05, 3.63) is 69.8 Å². The van der Waals surface area contributed by atoms with Crippen LogP contribution in [0.4, 0.5) is 0 Å². The Morgan fingerprint density at radius 3 is 2.69 bits per heavy atom. The van der Waals surface area contributed by atoms with Crippen molar-refractivity contribution in [3.8, 4) is 23.0 Å². The number of amides is 1. The van der Waals surface area contributed by atoms with Crippen molar-refractivity contribution in [2.75, 3.05) is 13.7 Å². The van der Waals surface area contributed by atoms with E-state index >= 15 is 0 Å². The van der Waals surface area contributed by atoms with Crippen molar-refractivity contribution < 1.29 is 9.53 Å². The van der Waals surface area contributed by atoms with Gasteiger partial charge in [-0.05, 0) is 55.2 Å². The molecule has 0 atom stereocenters. The molecular weight excluding hydrogens is 406 g/mol. The number of carbonyl (C=O) groups is 1. The van der Waals surface area contributed by atoms with Gasteiger partial charge in [0, 0.05) is 19.5 Å². The van der Waals surface area contributed by atoms with Gasteiger partial charge in [0.1, 0.15) is 0 Å². The molecular formula is C24H25N5O3. The molecule has 1 aliphatic carbocycles. The molecule has 8 nitrogen and oxygen atoms in total. The lowest BCUT2D eigenvalue weighted by Gasteiger charge is -2.29.